The summed E-state index contributed by atoms with van der Waals surface area (Å²) >= 11 is 0. The van der Waals surface area contributed by atoms with Gasteiger partial charge >= 0.3 is 0 Å². The number of ether oxygens (including phenoxy) is 2. The minimum atomic E-state index is -0.440. The third-order valence-electron chi connectivity index (χ3n) is 7.23. The van der Waals surface area contributed by atoms with E-state index in [1.807, 2.05) is 60.7 Å². The Balaban J connectivity index is 1.43. The summed E-state index contributed by atoms with van der Waals surface area (Å²) in [6.45, 7) is 3.79. The molecule has 0 amide bonds. The van der Waals surface area contributed by atoms with Crippen molar-refractivity contribution in [2.45, 2.75) is 46.3 Å². The smallest absolute Gasteiger partial charge is 0.185 e. The Bertz CT molecular complexity index is 1490. The van der Waals surface area contributed by atoms with E-state index in [-0.39, 0.29) is 30.5 Å². The molecule has 0 radical (unpaired) electrons. The number of ketones is 1. The summed E-state index contributed by atoms with van der Waals surface area (Å²) in [7, 11) is 0. The Morgan fingerprint density at radius 2 is 1.05 bits per heavy atom. The van der Waals surface area contributed by atoms with Gasteiger partial charge in [-0.1, -0.05) is 84.9 Å². The molecule has 0 atom stereocenters. The van der Waals surface area contributed by atoms with Gasteiger partial charge in [0.05, 0.1) is 0 Å². The largest absolute Gasteiger partial charge is 0.485 e. The van der Waals surface area contributed by atoms with Crippen LogP contribution in [0.2, 0.25) is 0 Å². The van der Waals surface area contributed by atoms with E-state index in [9.17, 15) is 4.79 Å². The second-order valence-corrected chi connectivity index (χ2v) is 10.3. The molecule has 0 heterocycles. The molecule has 3 nitrogen and oxygen atoms in total. The van der Waals surface area contributed by atoms with Crippen molar-refractivity contribution in [2.24, 2.45) is 0 Å². The first-order chi connectivity index (χ1) is 19.9. The molecular weight excluding hydrogens is 518 g/mol. The zero-order valence-electron chi connectivity index (χ0n) is 23.3. The van der Waals surface area contributed by atoms with Gasteiger partial charge in [0.1, 0.15) is 13.2 Å². The third-order valence-corrected chi connectivity index (χ3v) is 7.23. The van der Waals surface area contributed by atoms with E-state index >= 15 is 8.78 Å². The Morgan fingerprint density at radius 3 is 1.46 bits per heavy atom. The van der Waals surface area contributed by atoms with Gasteiger partial charge in [-0.25, -0.2) is 8.78 Å². The highest BCUT2D eigenvalue weighted by atomic mass is 19.1. The Labute approximate surface area is 239 Å². The van der Waals surface area contributed by atoms with Gasteiger partial charge in [-0.15, -0.1) is 0 Å². The maximum absolute atomic E-state index is 15.2. The number of halogens is 2. The van der Waals surface area contributed by atoms with E-state index < -0.39 is 11.6 Å². The van der Waals surface area contributed by atoms with Crippen LogP contribution < -0.4 is 9.47 Å². The monoisotopic (exact) mass is 550 g/mol. The molecule has 5 rings (SSSR count). The number of hydrogen-bond acceptors (Lipinski definition) is 3. The predicted molar refractivity (Wildman–Crippen MR) is 159 cm³/mol. The molecule has 0 aromatic heterocycles. The molecule has 1 saturated carbocycles. The van der Waals surface area contributed by atoms with Gasteiger partial charge in [-0.2, -0.15) is 0 Å². The van der Waals surface area contributed by atoms with E-state index in [0.717, 1.165) is 17.5 Å². The summed E-state index contributed by atoms with van der Waals surface area (Å²) in [5.41, 5.74) is 4.93. The summed E-state index contributed by atoms with van der Waals surface area (Å²) in [6.07, 6.45) is 5.31. The summed E-state index contributed by atoms with van der Waals surface area (Å²) in [4.78, 5) is 13.6. The molecule has 0 aliphatic heterocycles. The van der Waals surface area contributed by atoms with Crippen molar-refractivity contribution in [3.05, 3.63) is 141 Å². The molecular formula is C36H32F2O3. The van der Waals surface area contributed by atoms with Crippen LogP contribution in [-0.4, -0.2) is 5.78 Å². The molecule has 0 spiro atoms. The van der Waals surface area contributed by atoms with Crippen molar-refractivity contribution >= 4 is 17.9 Å². The van der Waals surface area contributed by atoms with Crippen molar-refractivity contribution in [1.82, 2.24) is 0 Å². The van der Waals surface area contributed by atoms with E-state index in [0.29, 0.717) is 46.2 Å². The second kappa shape index (κ2) is 12.8. The Morgan fingerprint density at radius 1 is 0.634 bits per heavy atom. The SMILES string of the molecule is Cc1ccc(/C=C2\CCC/C(=C\c3ccc(C)c(F)c3OCc3ccccc3)C2=O)c(OCc2ccccc2)c1F. The van der Waals surface area contributed by atoms with Crippen LogP contribution in [0.1, 0.15) is 52.6 Å². The number of carbonyl (C=O) groups is 1. The summed E-state index contributed by atoms with van der Waals surface area (Å²) in [5.74, 6) is -0.763. The highest BCUT2D eigenvalue weighted by Gasteiger charge is 2.23. The Hall–Kier alpha value is -4.51. The number of hydrogen-bond donors (Lipinski definition) is 0. The molecule has 0 bridgehead atoms. The molecule has 4 aromatic carbocycles. The molecule has 41 heavy (non-hydrogen) atoms. The highest BCUT2D eigenvalue weighted by Crippen LogP contribution is 2.35. The number of aryl methyl sites for hydroxylation is 2. The van der Waals surface area contributed by atoms with Crippen molar-refractivity contribution < 1.29 is 23.0 Å². The summed E-state index contributed by atoms with van der Waals surface area (Å²) in [5, 5.41) is 0. The molecule has 0 saturated heterocycles. The van der Waals surface area contributed by atoms with Crippen LogP contribution >= 0.6 is 0 Å². The topological polar surface area (TPSA) is 35.5 Å². The van der Waals surface area contributed by atoms with Gasteiger partial charge in [0, 0.05) is 22.3 Å². The molecule has 0 unspecified atom stereocenters. The lowest BCUT2D eigenvalue weighted by molar-refractivity contribution is -0.112. The first-order valence-corrected chi connectivity index (χ1v) is 13.8. The van der Waals surface area contributed by atoms with E-state index in [2.05, 4.69) is 0 Å². The molecule has 4 aromatic rings. The van der Waals surface area contributed by atoms with Crippen LogP contribution in [-0.2, 0) is 18.0 Å². The van der Waals surface area contributed by atoms with Crippen LogP contribution in [0.15, 0.2) is 96.1 Å². The first kappa shape index (κ1) is 28.0. The van der Waals surface area contributed by atoms with Crippen LogP contribution in [0.25, 0.3) is 12.2 Å². The fourth-order valence-corrected chi connectivity index (χ4v) is 4.87. The van der Waals surface area contributed by atoms with Gasteiger partial charge < -0.3 is 9.47 Å². The lowest BCUT2D eigenvalue weighted by atomic mass is 9.86. The zero-order valence-corrected chi connectivity index (χ0v) is 23.3. The van der Waals surface area contributed by atoms with Crippen LogP contribution in [0.3, 0.4) is 0 Å². The van der Waals surface area contributed by atoms with E-state index in [4.69, 9.17) is 9.47 Å². The number of carbonyl (C=O) groups excluding carboxylic acids is 1. The number of allylic oxidation sites excluding steroid dienone is 2. The van der Waals surface area contributed by atoms with Gasteiger partial charge in [-0.3, -0.25) is 4.79 Å². The fourth-order valence-electron chi connectivity index (χ4n) is 4.87. The molecule has 1 aliphatic carbocycles. The van der Waals surface area contributed by atoms with Gasteiger partial charge in [0.15, 0.2) is 28.9 Å². The van der Waals surface area contributed by atoms with Crippen LogP contribution in [0, 0.1) is 25.5 Å². The minimum Gasteiger partial charge on any atom is -0.485 e. The third kappa shape index (κ3) is 6.63. The highest BCUT2D eigenvalue weighted by molar-refractivity contribution is 6.14. The molecule has 208 valence electrons. The standard InChI is InChI=1S/C36H32F2O3/c1-24-16-18-30(35(32(24)37)40-22-26-10-5-3-6-11-26)20-28-14-9-15-29(34(28)39)21-31-19-17-25(2)33(38)36(31)41-23-27-12-7-4-8-13-27/h3-8,10-13,16-21H,9,14-15,22-23H2,1-2H3/b28-20+,29-21+. The summed E-state index contributed by atoms with van der Waals surface area (Å²) in [6, 6.07) is 26.0. The molecule has 1 aliphatic rings. The number of rotatable bonds is 8. The fraction of sp³-hybridized carbons (Fsp3) is 0.194. The Kier molecular flexibility index (Phi) is 8.73. The van der Waals surface area contributed by atoms with Crippen LogP contribution in [0.5, 0.6) is 11.5 Å². The summed E-state index contributed by atoms with van der Waals surface area (Å²) < 4.78 is 42.2. The number of benzene rings is 4. The first-order valence-electron chi connectivity index (χ1n) is 13.8. The number of Topliss-reactive ketones (excluding diaryl/α,β-unsaturated/α-hetero) is 1. The van der Waals surface area contributed by atoms with Crippen molar-refractivity contribution in [1.29, 1.82) is 0 Å². The van der Waals surface area contributed by atoms with Gasteiger partial charge in [0.2, 0.25) is 0 Å². The van der Waals surface area contributed by atoms with E-state index in [1.165, 1.54) is 0 Å². The average Bonchev–Trinajstić information content (AvgIpc) is 2.99. The maximum atomic E-state index is 15.2. The minimum absolute atomic E-state index is 0.127. The van der Waals surface area contributed by atoms with Gasteiger partial charge in [-0.05, 0) is 67.5 Å². The second-order valence-electron chi connectivity index (χ2n) is 10.3. The lowest BCUT2D eigenvalue weighted by Crippen LogP contribution is -2.13. The zero-order chi connectivity index (χ0) is 28.8. The van der Waals surface area contributed by atoms with Crippen LogP contribution in [0.4, 0.5) is 8.78 Å². The normalized spacial score (nSPS) is 15.4. The average molecular weight is 551 g/mol. The lowest BCUT2D eigenvalue weighted by Gasteiger charge is -2.19. The molecule has 1 fully saturated rings. The maximum Gasteiger partial charge on any atom is 0.185 e. The van der Waals surface area contributed by atoms with Crippen molar-refractivity contribution in [3.8, 4) is 11.5 Å². The molecule has 5 heteroatoms. The predicted octanol–water partition coefficient (Wildman–Crippen LogP) is 8.96. The van der Waals surface area contributed by atoms with Gasteiger partial charge in [0.25, 0.3) is 0 Å². The van der Waals surface area contributed by atoms with Crippen molar-refractivity contribution in [2.75, 3.05) is 0 Å². The van der Waals surface area contributed by atoms with E-state index in [1.54, 1.807) is 50.3 Å². The molecule has 0 N–H and O–H groups in total. The van der Waals surface area contributed by atoms with Crippen molar-refractivity contribution in [3.63, 3.8) is 0 Å². The quantitative estimate of drug-likeness (QED) is 0.205.